The largest absolute Gasteiger partial charge is 0.382 e. The lowest BCUT2D eigenvalue weighted by Crippen LogP contribution is -2.30. The van der Waals surface area contributed by atoms with Crippen LogP contribution in [0.1, 0.15) is 33.3 Å². The second kappa shape index (κ2) is 5.20. The third-order valence-corrected chi connectivity index (χ3v) is 2.82. The molecule has 0 bridgehead atoms. The van der Waals surface area contributed by atoms with E-state index in [9.17, 15) is 0 Å². The van der Waals surface area contributed by atoms with Gasteiger partial charge in [0.05, 0.1) is 0 Å². The van der Waals surface area contributed by atoms with E-state index in [1.54, 1.807) is 0 Å². The molecule has 0 saturated carbocycles. The zero-order chi connectivity index (χ0) is 11.4. The minimum Gasteiger partial charge on any atom is -0.382 e. The topological polar surface area (TPSA) is 12.0 Å². The second-order valence-corrected chi connectivity index (χ2v) is 5.02. The van der Waals surface area contributed by atoms with Gasteiger partial charge >= 0.3 is 0 Å². The summed E-state index contributed by atoms with van der Waals surface area (Å²) in [7, 11) is 0. The van der Waals surface area contributed by atoms with Crippen molar-refractivity contribution < 1.29 is 0 Å². The third kappa shape index (κ3) is 3.58. The summed E-state index contributed by atoms with van der Waals surface area (Å²) in [5.74, 6) is 1.32. The molecule has 0 aromatic heterocycles. The Morgan fingerprint density at radius 3 is 1.73 bits per heavy atom. The lowest BCUT2D eigenvalue weighted by atomic mass is 9.93. The molecule has 0 radical (unpaired) electrons. The van der Waals surface area contributed by atoms with Gasteiger partial charge in [0, 0.05) is 11.7 Å². The van der Waals surface area contributed by atoms with Crippen molar-refractivity contribution in [2.24, 2.45) is 11.8 Å². The van der Waals surface area contributed by atoms with E-state index in [-0.39, 0.29) is 0 Å². The van der Waals surface area contributed by atoms with Crippen molar-refractivity contribution >= 4 is 5.69 Å². The molecule has 0 atom stereocenters. The van der Waals surface area contributed by atoms with Gasteiger partial charge in [0.2, 0.25) is 0 Å². The highest BCUT2D eigenvalue weighted by Gasteiger charge is 2.16. The molecular formula is C14H23N. The molecule has 0 unspecified atom stereocenters. The first-order valence-corrected chi connectivity index (χ1v) is 5.84. The van der Waals surface area contributed by atoms with Crippen LogP contribution in [0.3, 0.4) is 0 Å². The minimum absolute atomic E-state index is 0.549. The molecule has 1 N–H and O–H groups in total. The fourth-order valence-corrected chi connectivity index (χ4v) is 1.95. The summed E-state index contributed by atoms with van der Waals surface area (Å²) < 4.78 is 0. The first-order chi connectivity index (χ1) is 7.00. The standard InChI is InChI=1S/C14H23N/c1-10(2)14(11(3)4)15-13-8-6-12(5)7-9-13/h6-11,14-15H,1-5H3. The van der Waals surface area contributed by atoms with Crippen molar-refractivity contribution in [2.75, 3.05) is 5.32 Å². The van der Waals surface area contributed by atoms with Gasteiger partial charge in [0.25, 0.3) is 0 Å². The Hall–Kier alpha value is -0.980. The number of hydrogen-bond acceptors (Lipinski definition) is 1. The van der Waals surface area contributed by atoms with Gasteiger partial charge in [0.1, 0.15) is 0 Å². The molecule has 1 rings (SSSR count). The Labute approximate surface area is 93.9 Å². The molecule has 1 aromatic rings. The summed E-state index contributed by atoms with van der Waals surface area (Å²) in [5, 5.41) is 3.61. The summed E-state index contributed by atoms with van der Waals surface area (Å²) in [6, 6.07) is 9.17. The quantitative estimate of drug-likeness (QED) is 0.780. The predicted octanol–water partition coefficient (Wildman–Crippen LogP) is 4.09. The fraction of sp³-hybridized carbons (Fsp3) is 0.571. The van der Waals surface area contributed by atoms with Gasteiger partial charge in [-0.3, -0.25) is 0 Å². The van der Waals surface area contributed by atoms with E-state index in [0.717, 1.165) is 0 Å². The first kappa shape index (κ1) is 12.1. The number of anilines is 1. The Bertz CT molecular complexity index is 277. The minimum atomic E-state index is 0.549. The lowest BCUT2D eigenvalue weighted by molar-refractivity contribution is 0.413. The van der Waals surface area contributed by atoms with Crippen LogP contribution >= 0.6 is 0 Å². The van der Waals surface area contributed by atoms with E-state index in [1.165, 1.54) is 11.3 Å². The van der Waals surface area contributed by atoms with Crippen LogP contribution < -0.4 is 5.32 Å². The molecule has 0 amide bonds. The molecule has 0 heterocycles. The van der Waals surface area contributed by atoms with Crippen LogP contribution in [0, 0.1) is 18.8 Å². The summed E-state index contributed by atoms with van der Waals surface area (Å²) in [5.41, 5.74) is 2.54. The van der Waals surface area contributed by atoms with Crippen LogP contribution in [-0.2, 0) is 0 Å². The van der Waals surface area contributed by atoms with Crippen LogP contribution in [-0.4, -0.2) is 6.04 Å². The number of aryl methyl sites for hydroxylation is 1. The Morgan fingerprint density at radius 1 is 0.867 bits per heavy atom. The molecular weight excluding hydrogens is 182 g/mol. The van der Waals surface area contributed by atoms with E-state index < -0.39 is 0 Å². The van der Waals surface area contributed by atoms with Crippen molar-refractivity contribution in [3.8, 4) is 0 Å². The third-order valence-electron chi connectivity index (χ3n) is 2.82. The van der Waals surface area contributed by atoms with Crippen molar-refractivity contribution in [3.05, 3.63) is 29.8 Å². The summed E-state index contributed by atoms with van der Waals surface area (Å²) in [6.07, 6.45) is 0. The number of nitrogens with one attached hydrogen (secondary N) is 1. The smallest absolute Gasteiger partial charge is 0.0342 e. The molecule has 1 aromatic carbocycles. The molecule has 0 aliphatic rings. The maximum atomic E-state index is 3.61. The van der Waals surface area contributed by atoms with E-state index in [2.05, 4.69) is 64.2 Å². The molecule has 0 aliphatic carbocycles. The molecule has 0 spiro atoms. The zero-order valence-electron chi connectivity index (χ0n) is 10.5. The van der Waals surface area contributed by atoms with Crippen LogP contribution in [0.4, 0.5) is 5.69 Å². The van der Waals surface area contributed by atoms with Gasteiger partial charge in [-0.2, -0.15) is 0 Å². The predicted molar refractivity (Wildman–Crippen MR) is 68.3 cm³/mol. The van der Waals surface area contributed by atoms with Crippen LogP contribution in [0.2, 0.25) is 0 Å². The molecule has 1 heteroatoms. The normalized spacial score (nSPS) is 11.5. The Kier molecular flexibility index (Phi) is 4.19. The van der Waals surface area contributed by atoms with E-state index in [0.29, 0.717) is 17.9 Å². The van der Waals surface area contributed by atoms with Gasteiger partial charge in [-0.25, -0.2) is 0 Å². The maximum absolute atomic E-state index is 3.61. The molecule has 15 heavy (non-hydrogen) atoms. The number of hydrogen-bond donors (Lipinski definition) is 1. The van der Waals surface area contributed by atoms with Gasteiger partial charge in [-0.1, -0.05) is 45.4 Å². The lowest BCUT2D eigenvalue weighted by Gasteiger charge is -2.27. The fourth-order valence-electron chi connectivity index (χ4n) is 1.95. The highest BCUT2D eigenvalue weighted by molar-refractivity contribution is 5.45. The maximum Gasteiger partial charge on any atom is 0.0342 e. The summed E-state index contributed by atoms with van der Waals surface area (Å²) >= 11 is 0. The number of benzene rings is 1. The van der Waals surface area contributed by atoms with Gasteiger partial charge in [-0.05, 0) is 30.9 Å². The van der Waals surface area contributed by atoms with Crippen LogP contribution in [0.15, 0.2) is 24.3 Å². The first-order valence-electron chi connectivity index (χ1n) is 5.84. The zero-order valence-corrected chi connectivity index (χ0v) is 10.5. The summed E-state index contributed by atoms with van der Waals surface area (Å²) in [6.45, 7) is 11.2. The van der Waals surface area contributed by atoms with E-state index in [1.807, 2.05) is 0 Å². The van der Waals surface area contributed by atoms with Gasteiger partial charge in [0.15, 0.2) is 0 Å². The second-order valence-electron chi connectivity index (χ2n) is 5.02. The van der Waals surface area contributed by atoms with Gasteiger partial charge < -0.3 is 5.32 Å². The van der Waals surface area contributed by atoms with E-state index >= 15 is 0 Å². The van der Waals surface area contributed by atoms with Crippen molar-refractivity contribution in [1.29, 1.82) is 0 Å². The van der Waals surface area contributed by atoms with Crippen LogP contribution in [0.5, 0.6) is 0 Å². The highest BCUT2D eigenvalue weighted by Crippen LogP contribution is 2.18. The molecule has 1 nitrogen and oxygen atoms in total. The van der Waals surface area contributed by atoms with E-state index in [4.69, 9.17) is 0 Å². The molecule has 84 valence electrons. The SMILES string of the molecule is Cc1ccc(NC(C(C)C)C(C)C)cc1. The Morgan fingerprint density at radius 2 is 1.33 bits per heavy atom. The molecule has 0 saturated heterocycles. The monoisotopic (exact) mass is 205 g/mol. The average molecular weight is 205 g/mol. The van der Waals surface area contributed by atoms with Crippen LogP contribution in [0.25, 0.3) is 0 Å². The van der Waals surface area contributed by atoms with Crippen molar-refractivity contribution in [2.45, 2.75) is 40.7 Å². The van der Waals surface area contributed by atoms with Gasteiger partial charge in [-0.15, -0.1) is 0 Å². The van der Waals surface area contributed by atoms with Crippen molar-refractivity contribution in [3.63, 3.8) is 0 Å². The van der Waals surface area contributed by atoms with Crippen molar-refractivity contribution in [1.82, 2.24) is 0 Å². The summed E-state index contributed by atoms with van der Waals surface area (Å²) in [4.78, 5) is 0. The molecule has 0 aliphatic heterocycles. The molecule has 0 fully saturated rings. The Balaban J connectivity index is 2.70. The number of rotatable bonds is 4. The highest BCUT2D eigenvalue weighted by atomic mass is 14.9. The average Bonchev–Trinajstić information content (AvgIpc) is 2.15.